The van der Waals surface area contributed by atoms with Gasteiger partial charge in [-0.15, -0.1) is 0 Å². The number of phosphoric ester groups is 1. The van der Waals surface area contributed by atoms with Crippen LogP contribution in [-0.2, 0) is 24.7 Å². The lowest BCUT2D eigenvalue weighted by Crippen LogP contribution is -2.06. The number of rotatable bonds is 7. The minimum Gasteiger partial charge on any atom is -0.287 e. The van der Waals surface area contributed by atoms with Crippen LogP contribution in [0.2, 0.25) is 0 Å². The minimum absolute atomic E-state index is 0.205. The molecule has 0 aliphatic heterocycles. The van der Waals surface area contributed by atoms with E-state index >= 15 is 0 Å². The molecule has 0 fully saturated rings. The third kappa shape index (κ3) is 5.46. The Hall–Kier alpha value is -0.670. The lowest BCUT2D eigenvalue weighted by atomic mass is 10.2. The zero-order valence-corrected chi connectivity index (χ0v) is 11.4. The number of benzene rings is 1. The normalized spacial score (nSPS) is 14.8. The molecule has 0 saturated heterocycles. The van der Waals surface area contributed by atoms with Crippen molar-refractivity contribution in [1.29, 1.82) is 0 Å². The molecule has 1 unspecified atom stereocenters. The van der Waals surface area contributed by atoms with Crippen molar-refractivity contribution in [3.63, 3.8) is 0 Å². The topological polar surface area (TPSA) is 44.8 Å². The summed E-state index contributed by atoms with van der Waals surface area (Å²) >= 11 is 0. The fourth-order valence-electron chi connectivity index (χ4n) is 1.24. The smallest absolute Gasteiger partial charge is 0.287 e. The molecule has 0 N–H and O–H groups in total. The average Bonchev–Trinajstić information content (AvgIpc) is 2.27. The Morgan fingerprint density at radius 2 is 1.82 bits per heavy atom. The monoisotopic (exact) mass is 258 g/mol. The van der Waals surface area contributed by atoms with Gasteiger partial charge in [0.05, 0.1) is 19.3 Å². The van der Waals surface area contributed by atoms with Gasteiger partial charge in [0.25, 0.3) is 0 Å². The minimum atomic E-state index is -3.44. The lowest BCUT2D eigenvalue weighted by Gasteiger charge is -2.19. The van der Waals surface area contributed by atoms with E-state index < -0.39 is 7.82 Å². The summed E-state index contributed by atoms with van der Waals surface area (Å²) in [6, 6.07) is 9.49. The fourth-order valence-corrected chi connectivity index (χ4v) is 2.58. The van der Waals surface area contributed by atoms with Gasteiger partial charge in [-0.05, 0) is 26.3 Å². The van der Waals surface area contributed by atoms with E-state index in [-0.39, 0.29) is 12.7 Å². The Kier molecular flexibility index (Phi) is 5.86. The Morgan fingerprint density at radius 1 is 1.18 bits per heavy atom. The molecule has 0 aliphatic rings. The highest BCUT2D eigenvalue weighted by Crippen LogP contribution is 2.51. The van der Waals surface area contributed by atoms with E-state index in [1.165, 1.54) is 0 Å². The van der Waals surface area contributed by atoms with Gasteiger partial charge in [0.1, 0.15) is 0 Å². The van der Waals surface area contributed by atoms with Crippen molar-refractivity contribution >= 4 is 7.82 Å². The first-order valence-electron chi connectivity index (χ1n) is 5.67. The molecule has 0 aromatic heterocycles. The first-order valence-corrected chi connectivity index (χ1v) is 7.13. The molecule has 4 nitrogen and oxygen atoms in total. The van der Waals surface area contributed by atoms with Crippen LogP contribution in [0.3, 0.4) is 0 Å². The molecule has 17 heavy (non-hydrogen) atoms. The highest BCUT2D eigenvalue weighted by molar-refractivity contribution is 7.48. The molecule has 1 atom stereocenters. The van der Waals surface area contributed by atoms with E-state index in [0.29, 0.717) is 6.61 Å². The second-order valence-corrected chi connectivity index (χ2v) is 5.40. The molecule has 0 amide bonds. The van der Waals surface area contributed by atoms with E-state index in [0.717, 1.165) is 5.56 Å². The van der Waals surface area contributed by atoms with Crippen molar-refractivity contribution in [3.8, 4) is 0 Å². The average molecular weight is 258 g/mol. The van der Waals surface area contributed by atoms with Crippen LogP contribution in [0.15, 0.2) is 30.3 Å². The quantitative estimate of drug-likeness (QED) is 0.698. The number of phosphoric acid groups is 1. The summed E-state index contributed by atoms with van der Waals surface area (Å²) in [7, 11) is -3.44. The second-order valence-electron chi connectivity index (χ2n) is 3.78. The molecule has 0 heterocycles. The van der Waals surface area contributed by atoms with Gasteiger partial charge in [0.2, 0.25) is 0 Å². The summed E-state index contributed by atoms with van der Waals surface area (Å²) in [6.07, 6.45) is -0.205. The van der Waals surface area contributed by atoms with Crippen molar-refractivity contribution in [2.24, 2.45) is 0 Å². The summed E-state index contributed by atoms with van der Waals surface area (Å²) < 4.78 is 27.7. The van der Waals surface area contributed by atoms with Crippen LogP contribution >= 0.6 is 7.82 Å². The highest BCUT2D eigenvalue weighted by atomic mass is 31.2. The van der Waals surface area contributed by atoms with Gasteiger partial charge in [0, 0.05) is 0 Å². The highest BCUT2D eigenvalue weighted by Gasteiger charge is 2.27. The summed E-state index contributed by atoms with van der Waals surface area (Å²) in [5, 5.41) is 0. The van der Waals surface area contributed by atoms with Crippen molar-refractivity contribution < 1.29 is 18.1 Å². The van der Waals surface area contributed by atoms with E-state index in [9.17, 15) is 4.57 Å². The van der Waals surface area contributed by atoms with Crippen LogP contribution in [0.4, 0.5) is 0 Å². The predicted molar refractivity (Wildman–Crippen MR) is 66.7 cm³/mol. The molecule has 0 saturated carbocycles. The maximum atomic E-state index is 12.1. The van der Waals surface area contributed by atoms with Crippen LogP contribution in [0.5, 0.6) is 0 Å². The molecule has 5 heteroatoms. The Bertz CT molecular complexity index is 364. The largest absolute Gasteiger partial charge is 0.475 e. The van der Waals surface area contributed by atoms with Crippen LogP contribution < -0.4 is 0 Å². The summed E-state index contributed by atoms with van der Waals surface area (Å²) in [4.78, 5) is 0. The number of hydrogen-bond acceptors (Lipinski definition) is 4. The molecule has 0 spiro atoms. The third-order valence-electron chi connectivity index (χ3n) is 1.86. The van der Waals surface area contributed by atoms with Gasteiger partial charge in [-0.2, -0.15) is 0 Å². The van der Waals surface area contributed by atoms with Gasteiger partial charge >= 0.3 is 7.82 Å². The summed E-state index contributed by atoms with van der Waals surface area (Å²) in [5.41, 5.74) is 0.930. The zero-order chi connectivity index (χ0) is 12.7. The number of hydrogen-bond donors (Lipinski definition) is 0. The summed E-state index contributed by atoms with van der Waals surface area (Å²) in [5.74, 6) is 0. The van der Waals surface area contributed by atoms with Crippen LogP contribution in [0, 0.1) is 0 Å². The zero-order valence-electron chi connectivity index (χ0n) is 10.5. The maximum absolute atomic E-state index is 12.1. The first-order chi connectivity index (χ1) is 8.06. The molecule has 0 aliphatic carbocycles. The van der Waals surface area contributed by atoms with Gasteiger partial charge in [-0.3, -0.25) is 13.6 Å². The Balaban J connectivity index is 2.58. The molecule has 1 rings (SSSR count). The standard InChI is InChI=1S/C12H19O4P/c1-4-14-17(13,16-11(2)3)15-10-12-8-6-5-7-9-12/h5-9,11H,4,10H2,1-3H3. The Labute approximate surface area is 103 Å². The van der Waals surface area contributed by atoms with Crippen LogP contribution in [0.25, 0.3) is 0 Å². The van der Waals surface area contributed by atoms with Crippen molar-refractivity contribution in [2.75, 3.05) is 6.61 Å². The van der Waals surface area contributed by atoms with E-state index in [1.807, 2.05) is 30.3 Å². The molecular formula is C12H19O4P. The molecule has 0 radical (unpaired) electrons. The van der Waals surface area contributed by atoms with Crippen molar-refractivity contribution in [3.05, 3.63) is 35.9 Å². The lowest BCUT2D eigenvalue weighted by molar-refractivity contribution is 0.0896. The van der Waals surface area contributed by atoms with Crippen LogP contribution in [0.1, 0.15) is 26.3 Å². The predicted octanol–water partition coefficient (Wildman–Crippen LogP) is 3.77. The fraction of sp³-hybridized carbons (Fsp3) is 0.500. The van der Waals surface area contributed by atoms with Crippen LogP contribution in [-0.4, -0.2) is 12.7 Å². The molecule has 1 aromatic carbocycles. The Morgan fingerprint density at radius 3 is 2.35 bits per heavy atom. The first kappa shape index (κ1) is 14.4. The molecule has 0 bridgehead atoms. The van der Waals surface area contributed by atoms with Gasteiger partial charge < -0.3 is 0 Å². The van der Waals surface area contributed by atoms with E-state index in [1.54, 1.807) is 20.8 Å². The molecule has 1 aromatic rings. The SMILES string of the molecule is CCOP(=O)(OCc1ccccc1)OC(C)C. The molecule has 96 valence electrons. The maximum Gasteiger partial charge on any atom is 0.475 e. The van der Waals surface area contributed by atoms with E-state index in [4.69, 9.17) is 13.6 Å². The van der Waals surface area contributed by atoms with Gasteiger partial charge in [0.15, 0.2) is 0 Å². The van der Waals surface area contributed by atoms with E-state index in [2.05, 4.69) is 0 Å². The summed E-state index contributed by atoms with van der Waals surface area (Å²) in [6.45, 7) is 5.83. The third-order valence-corrected chi connectivity index (χ3v) is 3.56. The second kappa shape index (κ2) is 6.92. The van der Waals surface area contributed by atoms with Gasteiger partial charge in [-0.25, -0.2) is 4.57 Å². The van der Waals surface area contributed by atoms with Crippen molar-refractivity contribution in [1.82, 2.24) is 0 Å². The van der Waals surface area contributed by atoms with Gasteiger partial charge in [-0.1, -0.05) is 30.3 Å². The molecular weight excluding hydrogens is 239 g/mol. The van der Waals surface area contributed by atoms with Crippen molar-refractivity contribution in [2.45, 2.75) is 33.5 Å².